The van der Waals surface area contributed by atoms with Crippen molar-refractivity contribution in [3.63, 3.8) is 0 Å². The molecule has 4 amide bonds. The van der Waals surface area contributed by atoms with Gasteiger partial charge in [-0.25, -0.2) is 9.78 Å². The molecule has 1 aromatic heterocycles. The largest absolute Gasteiger partial charge is 0.508 e. The van der Waals surface area contributed by atoms with Gasteiger partial charge in [0, 0.05) is 86.3 Å². The number of benzene rings is 2. The molecule has 30 heteroatoms. The minimum atomic E-state index is -1.42. The summed E-state index contributed by atoms with van der Waals surface area (Å²) in [4.78, 5) is 180. The zero-order valence-corrected chi connectivity index (χ0v) is 61.6. The monoisotopic (exact) mass is 1470 g/mol. The van der Waals surface area contributed by atoms with Crippen molar-refractivity contribution in [1.29, 1.82) is 0 Å². The average Bonchev–Trinajstić information content (AvgIpc) is 1.72. The van der Waals surface area contributed by atoms with Gasteiger partial charge < -0.3 is 60.8 Å². The van der Waals surface area contributed by atoms with Crippen LogP contribution in [0.2, 0.25) is 0 Å². The number of alkyl carbamates (subject to hydrolysis) is 1. The number of hydrogen-bond acceptors (Lipinski definition) is 23. The molecule has 2 aromatic carbocycles. The second-order valence-corrected chi connectivity index (χ2v) is 29.5. The number of nitrogens with one attached hydrogen (secondary N) is 4. The van der Waals surface area contributed by atoms with Gasteiger partial charge in [-0.15, -0.1) is 11.3 Å². The fraction of sp³-hybridized carbons (Fsp3) is 0.606. The van der Waals surface area contributed by atoms with Crippen LogP contribution in [0.15, 0.2) is 60.0 Å². The van der Waals surface area contributed by atoms with Gasteiger partial charge in [-0.2, -0.15) is 0 Å². The topological polar surface area (TPSA) is 398 Å². The van der Waals surface area contributed by atoms with Gasteiger partial charge in [0.05, 0.1) is 36.9 Å². The molecule has 101 heavy (non-hydrogen) atoms. The second kappa shape index (κ2) is 44.6. The van der Waals surface area contributed by atoms with Crippen LogP contribution < -0.4 is 21.3 Å². The number of aliphatic carboxylic acids is 3. The molecule has 0 aliphatic carbocycles. The van der Waals surface area contributed by atoms with E-state index >= 15 is 4.79 Å². The van der Waals surface area contributed by atoms with Gasteiger partial charge in [0.1, 0.15) is 34.9 Å². The molecule has 1 aliphatic heterocycles. The summed E-state index contributed by atoms with van der Waals surface area (Å²) >= 11 is 1.05. The van der Waals surface area contributed by atoms with Gasteiger partial charge in [0.2, 0.25) is 11.8 Å². The maximum absolute atomic E-state index is 15.1. The maximum atomic E-state index is 15.1. The van der Waals surface area contributed by atoms with Gasteiger partial charge in [-0.1, -0.05) is 118 Å². The number of rotatable bonds is 48. The van der Waals surface area contributed by atoms with Gasteiger partial charge in [-0.05, 0) is 101 Å². The number of carbonyl (C=O) groups excluding carboxylic acids is 10. The molecular formula is C71H101N7O20S3. The van der Waals surface area contributed by atoms with Gasteiger partial charge in [-0.3, -0.25) is 62.4 Å². The first-order valence-electron chi connectivity index (χ1n) is 34.3. The lowest BCUT2D eigenvalue weighted by Crippen LogP contribution is -2.50. The Morgan fingerprint density at radius 3 is 2.08 bits per heavy atom. The number of likely N-dealkylation sites (N-methyl/N-ethyl adjacent to an activating group) is 2. The summed E-state index contributed by atoms with van der Waals surface area (Å²) < 4.78 is 16.9. The third-order valence-corrected chi connectivity index (χ3v) is 21.2. The van der Waals surface area contributed by atoms with Gasteiger partial charge in [0.25, 0.3) is 5.91 Å². The van der Waals surface area contributed by atoms with E-state index in [4.69, 9.17) is 14.2 Å². The van der Waals surface area contributed by atoms with Crippen molar-refractivity contribution in [3.05, 3.63) is 81.8 Å². The first kappa shape index (κ1) is 85.6. The van der Waals surface area contributed by atoms with E-state index in [1.165, 1.54) is 36.4 Å². The van der Waals surface area contributed by atoms with Crippen molar-refractivity contribution in [2.24, 2.45) is 35.5 Å². The van der Waals surface area contributed by atoms with Crippen LogP contribution in [0.25, 0.3) is 0 Å². The lowest BCUT2D eigenvalue weighted by Gasteiger charge is -2.39. The van der Waals surface area contributed by atoms with Gasteiger partial charge >= 0.3 is 35.9 Å². The first-order valence-corrected chi connectivity index (χ1v) is 37.6. The fourth-order valence-corrected chi connectivity index (χ4v) is 14.7. The standard InChI is InChI=1S/C71H101N7O20S3/c1-10-17-64(87)97-41-78(68(90)53(43(5)11-2)36-60(83)57-20-15-16-27-77(57)9)58(42(3)4)37-62(98-45(7)79)67-76-56(40-99-67)66(89)74-50(31-47-21-23-51(80)24-22-47)30-44(6)61(84)38-73-71(95)96-28-29-100-101-39-49(69(91)92)34-59(82)55(32-46-18-13-12-14-19-46)75-65(88)48(35-63(85)86)33-52(81)25-26-54(72-8)70(93)94/h12-14,18-19,21-24,40,42-44,48-50,53-55,57-58,62,72,80H,10-11,15-17,20,25-39,41H2,1-9H3,(H,73,95)(H,74,89)(H,75,88)(H,85,86)(H,91,92)(H,93,94)/t43?,44-,48-,49-,50+,53-,54-,55-,57+,58+,62-/m0/s1. The molecule has 3 aromatic rings. The van der Waals surface area contributed by atoms with E-state index in [-0.39, 0.29) is 115 Å². The Hall–Kier alpha value is -7.80. The number of phenolic OH excluding ortho intramolecular Hbond substituents is 1. The Kier molecular flexibility index (Phi) is 37.8. The molecular weight excluding hydrogens is 1370 g/mol. The molecule has 1 aliphatic rings. The van der Waals surface area contributed by atoms with Crippen molar-refractivity contribution in [3.8, 4) is 5.75 Å². The number of carbonyl (C=O) groups is 13. The third-order valence-electron chi connectivity index (χ3n) is 17.8. The molecule has 1 unspecified atom stereocenters. The van der Waals surface area contributed by atoms with Crippen molar-refractivity contribution in [1.82, 2.24) is 36.1 Å². The van der Waals surface area contributed by atoms with Crippen LogP contribution in [0.5, 0.6) is 5.75 Å². The Morgan fingerprint density at radius 1 is 0.772 bits per heavy atom. The number of ketones is 4. The summed E-state index contributed by atoms with van der Waals surface area (Å²) in [5.41, 5.74) is 1.26. The minimum absolute atomic E-state index is 0.00727. The minimum Gasteiger partial charge on any atom is -0.508 e. The van der Waals surface area contributed by atoms with Crippen LogP contribution in [0.4, 0.5) is 4.79 Å². The van der Waals surface area contributed by atoms with Crippen molar-refractivity contribution in [2.75, 3.05) is 52.0 Å². The Balaban J connectivity index is 1.39. The molecule has 0 bridgehead atoms. The number of hydrogen-bond donors (Lipinski definition) is 8. The van der Waals surface area contributed by atoms with Crippen LogP contribution in [0, 0.1) is 35.5 Å². The molecule has 2 heterocycles. The highest BCUT2D eigenvalue weighted by Crippen LogP contribution is 2.35. The average molecular weight is 1470 g/mol. The maximum Gasteiger partial charge on any atom is 0.407 e. The number of likely N-dealkylation sites (tertiary alicyclic amines) is 1. The van der Waals surface area contributed by atoms with E-state index < -0.39 is 152 Å². The number of thiazole rings is 1. The normalized spacial score (nSPS) is 16.1. The summed E-state index contributed by atoms with van der Waals surface area (Å²) in [6.45, 7) is 12.1. The molecule has 0 radical (unpaired) electrons. The Labute approximate surface area is 602 Å². The molecule has 1 fully saturated rings. The number of Topliss-reactive ketones (excluding diaryl/α,β-unsaturated/α-hetero) is 4. The SMILES string of the molecule is CCCC(=O)OCN(C(=O)[C@@H](CC(=O)[C@H]1CCCCN1C)C(C)CC)[C@H](C[C@H](OC(C)=O)c1nc(C(=O)N[C@@H](Cc2ccc(O)cc2)C[C@H](C)C(=O)CNC(=O)OCCSSC[C@H](CC(=O)[C@H](Cc2ccccc2)NC(=O)[C@H](CC(=O)O)CC(=O)CC[C@H](NC)C(=O)O)C(=O)O)cs1)C(C)C. The number of aromatic nitrogens is 1. The molecule has 0 spiro atoms. The van der Waals surface area contributed by atoms with Crippen LogP contribution in [-0.2, 0) is 79.8 Å². The molecule has 558 valence electrons. The highest BCUT2D eigenvalue weighted by molar-refractivity contribution is 8.76. The molecule has 0 saturated carbocycles. The second-order valence-electron chi connectivity index (χ2n) is 26.0. The number of esters is 2. The van der Waals surface area contributed by atoms with E-state index in [0.29, 0.717) is 30.4 Å². The van der Waals surface area contributed by atoms with Crippen molar-refractivity contribution in [2.45, 2.75) is 188 Å². The van der Waals surface area contributed by atoms with Crippen LogP contribution in [-0.4, -0.2) is 194 Å². The third kappa shape index (κ3) is 30.4. The van der Waals surface area contributed by atoms with E-state index in [1.807, 2.05) is 46.6 Å². The molecule has 8 N–H and O–H groups in total. The van der Waals surface area contributed by atoms with E-state index in [2.05, 4.69) is 26.3 Å². The number of carboxylic acids is 3. The summed E-state index contributed by atoms with van der Waals surface area (Å²) in [7, 11) is 5.54. The van der Waals surface area contributed by atoms with Crippen molar-refractivity contribution < 1.29 is 97.0 Å². The summed E-state index contributed by atoms with van der Waals surface area (Å²) in [5, 5.41) is 51.4. The fourth-order valence-electron chi connectivity index (χ4n) is 11.7. The number of amides is 4. The van der Waals surface area contributed by atoms with Crippen LogP contribution >= 0.6 is 32.9 Å². The van der Waals surface area contributed by atoms with E-state index in [9.17, 15) is 78.0 Å². The Morgan fingerprint density at radius 2 is 1.47 bits per heavy atom. The molecule has 4 rings (SSSR count). The number of phenols is 1. The smallest absolute Gasteiger partial charge is 0.407 e. The van der Waals surface area contributed by atoms with E-state index in [1.54, 1.807) is 49.4 Å². The highest BCUT2D eigenvalue weighted by Gasteiger charge is 2.40. The van der Waals surface area contributed by atoms with Crippen molar-refractivity contribution >= 4 is 110 Å². The lowest BCUT2D eigenvalue weighted by molar-refractivity contribution is -0.162. The number of aromatic hydroxyl groups is 1. The lowest BCUT2D eigenvalue weighted by atomic mass is 9.82. The predicted molar refractivity (Wildman–Crippen MR) is 379 cm³/mol. The highest BCUT2D eigenvalue weighted by atomic mass is 33.1. The Bertz CT molecular complexity index is 3250. The predicted octanol–water partition coefficient (Wildman–Crippen LogP) is 8.04. The molecule has 27 nitrogen and oxygen atoms in total. The summed E-state index contributed by atoms with van der Waals surface area (Å²) in [5.74, 6) is -13.3. The van der Waals surface area contributed by atoms with Gasteiger partial charge in [0.15, 0.2) is 30.2 Å². The summed E-state index contributed by atoms with van der Waals surface area (Å²) in [6, 6.07) is 10.6. The molecule has 11 atom stereocenters. The zero-order chi connectivity index (χ0) is 74.9. The zero-order valence-electron chi connectivity index (χ0n) is 59.1. The van der Waals surface area contributed by atoms with Crippen LogP contribution in [0.3, 0.4) is 0 Å². The summed E-state index contributed by atoms with van der Waals surface area (Å²) in [6.07, 6.45) is -0.311. The quantitative estimate of drug-likeness (QED) is 0.00871. The number of ether oxygens (including phenoxy) is 3. The first-order chi connectivity index (χ1) is 47.9. The van der Waals surface area contributed by atoms with Crippen LogP contribution in [0.1, 0.15) is 171 Å². The number of nitrogens with zero attached hydrogens (tertiary/aromatic N) is 3. The number of piperidine rings is 1. The number of carboxylic acid groups (broad SMARTS) is 3. The van der Waals surface area contributed by atoms with E-state index in [0.717, 1.165) is 52.3 Å². The molecule has 1 saturated heterocycles.